The number of guanidine groups is 1. The molecule has 0 radical (unpaired) electrons. The lowest BCUT2D eigenvalue weighted by Crippen LogP contribution is -2.47. The first-order valence-corrected chi connectivity index (χ1v) is 8.41. The zero-order valence-corrected chi connectivity index (χ0v) is 15.2. The molecule has 0 bridgehead atoms. The molecule has 1 aromatic rings. The summed E-state index contributed by atoms with van der Waals surface area (Å²) < 4.78 is 2.15. The van der Waals surface area contributed by atoms with E-state index in [0.29, 0.717) is 11.7 Å². The molecule has 1 aromatic carbocycles. The molecule has 0 aromatic heterocycles. The smallest absolute Gasteiger partial charge is 0.347 e. The molecule has 6 nitrogen and oxygen atoms in total. The third-order valence-electron chi connectivity index (χ3n) is 3.81. The molecule has 1 fully saturated rings. The summed E-state index contributed by atoms with van der Waals surface area (Å²) in [5.74, 6) is 1.22. The summed E-state index contributed by atoms with van der Waals surface area (Å²) in [7, 11) is 8.35. The van der Waals surface area contributed by atoms with Gasteiger partial charge in [-0.3, -0.25) is 14.8 Å². The Morgan fingerprint density at radius 2 is 1.71 bits per heavy atom. The van der Waals surface area contributed by atoms with Crippen molar-refractivity contribution in [3.05, 3.63) is 30.3 Å². The van der Waals surface area contributed by atoms with Gasteiger partial charge in [0.1, 0.15) is 6.09 Å². The largest absolute Gasteiger partial charge is 0.530 e. The molecule has 0 spiro atoms. The fourth-order valence-electron chi connectivity index (χ4n) is 2.73. The van der Waals surface area contributed by atoms with E-state index in [1.54, 1.807) is 30.3 Å². The number of anilines is 1. The summed E-state index contributed by atoms with van der Waals surface area (Å²) in [6, 6.07) is 9.27. The van der Waals surface area contributed by atoms with Crippen LogP contribution in [0.4, 0.5) is 10.5 Å². The van der Waals surface area contributed by atoms with Crippen LogP contribution in [0, 0.1) is 0 Å². The number of carbonyl (C=O) groups is 1. The standard InChI is InChI=1S/C11H23N3.C7H7NO2/c1-13(2)11(14(3)4)12-10-8-6-5-7-9-10;9-7(10)8-6-4-2-1-3-5-6/h10H,5-9H2,1-4H3;1-5,8H,(H,9,10). The lowest BCUT2D eigenvalue weighted by atomic mass is 9.96. The van der Waals surface area contributed by atoms with Crippen molar-refractivity contribution < 1.29 is 14.5 Å². The molecule has 2 N–H and O–H groups in total. The second-order valence-electron chi connectivity index (χ2n) is 6.37. The number of nitrogens with one attached hydrogen (secondary N) is 2. The predicted octanol–water partition coefficient (Wildman–Crippen LogP) is 1.54. The molecule has 2 rings (SSSR count). The van der Waals surface area contributed by atoms with Crippen molar-refractivity contribution in [2.75, 3.05) is 33.5 Å². The van der Waals surface area contributed by atoms with Crippen molar-refractivity contribution in [1.82, 2.24) is 10.2 Å². The van der Waals surface area contributed by atoms with Crippen molar-refractivity contribution in [3.63, 3.8) is 0 Å². The molecular formula is C18H30N4O2. The molecular weight excluding hydrogens is 304 g/mol. The Morgan fingerprint density at radius 3 is 2.17 bits per heavy atom. The van der Waals surface area contributed by atoms with Crippen molar-refractivity contribution in [3.8, 4) is 0 Å². The summed E-state index contributed by atoms with van der Waals surface area (Å²) in [4.78, 5) is 12.1. The minimum Gasteiger partial charge on any atom is -0.530 e. The maximum atomic E-state index is 9.95. The number of carbonyl (C=O) groups excluding carboxylic acids is 1. The molecule has 1 aliphatic rings. The number of amides is 1. The molecule has 134 valence electrons. The van der Waals surface area contributed by atoms with E-state index < -0.39 is 6.09 Å². The van der Waals surface area contributed by atoms with E-state index in [-0.39, 0.29) is 0 Å². The van der Waals surface area contributed by atoms with Crippen LogP contribution in [0.2, 0.25) is 0 Å². The van der Waals surface area contributed by atoms with Gasteiger partial charge in [-0.25, -0.2) is 0 Å². The average molecular weight is 334 g/mol. The minimum absolute atomic E-state index is 0.530. The van der Waals surface area contributed by atoms with Crippen molar-refractivity contribution in [2.24, 2.45) is 0 Å². The quantitative estimate of drug-likeness (QED) is 0.489. The number of rotatable bonds is 2. The Balaban J connectivity index is 0.000000254. The molecule has 0 unspecified atom stereocenters. The Labute approximate surface area is 145 Å². The van der Waals surface area contributed by atoms with Gasteiger partial charge in [0.05, 0.1) is 34.2 Å². The Morgan fingerprint density at radius 1 is 1.12 bits per heavy atom. The predicted molar refractivity (Wildman–Crippen MR) is 96.3 cm³/mol. The number of benzene rings is 1. The van der Waals surface area contributed by atoms with Crippen LogP contribution in [0.1, 0.15) is 32.1 Å². The maximum Gasteiger partial charge on any atom is 0.347 e. The zero-order chi connectivity index (χ0) is 17.9. The van der Waals surface area contributed by atoms with E-state index in [1.165, 1.54) is 38.1 Å². The third kappa shape index (κ3) is 7.85. The van der Waals surface area contributed by atoms with Crippen LogP contribution < -0.4 is 15.7 Å². The van der Waals surface area contributed by atoms with Crippen LogP contribution in [-0.2, 0) is 0 Å². The van der Waals surface area contributed by atoms with Gasteiger partial charge in [-0.1, -0.05) is 37.5 Å². The Bertz CT molecular complexity index is 519. The van der Waals surface area contributed by atoms with Gasteiger partial charge in [0.2, 0.25) is 0 Å². The van der Waals surface area contributed by atoms with E-state index in [1.807, 2.05) is 0 Å². The van der Waals surface area contributed by atoms with E-state index >= 15 is 0 Å². The molecule has 0 aliphatic heterocycles. The second kappa shape index (κ2) is 10.5. The van der Waals surface area contributed by atoms with Crippen LogP contribution in [0.15, 0.2) is 30.3 Å². The van der Waals surface area contributed by atoms with Gasteiger partial charge in [-0.2, -0.15) is 0 Å². The maximum absolute atomic E-state index is 9.95. The van der Waals surface area contributed by atoms with Crippen LogP contribution >= 0.6 is 0 Å². The first-order chi connectivity index (χ1) is 11.4. The molecule has 0 atom stereocenters. The topological polar surface area (TPSA) is 70.4 Å². The Hall–Kier alpha value is -2.24. The summed E-state index contributed by atoms with van der Waals surface area (Å²) in [6.07, 6.45) is 5.54. The summed E-state index contributed by atoms with van der Waals surface area (Å²) in [5, 5.41) is 15.7. The van der Waals surface area contributed by atoms with Gasteiger partial charge in [0.15, 0.2) is 0 Å². The van der Waals surface area contributed by atoms with Gasteiger partial charge in [0, 0.05) is 5.69 Å². The van der Waals surface area contributed by atoms with Crippen molar-refractivity contribution in [2.45, 2.75) is 38.1 Å². The lowest BCUT2D eigenvalue weighted by Gasteiger charge is -2.23. The van der Waals surface area contributed by atoms with Crippen molar-refractivity contribution >= 4 is 17.7 Å². The van der Waals surface area contributed by atoms with Gasteiger partial charge < -0.3 is 15.2 Å². The normalized spacial score (nSPS) is 14.0. The molecule has 0 heterocycles. The molecule has 1 saturated carbocycles. The zero-order valence-electron chi connectivity index (χ0n) is 15.2. The molecule has 0 saturated heterocycles. The summed E-state index contributed by atoms with van der Waals surface area (Å²) >= 11 is 0. The fraction of sp³-hybridized carbons (Fsp3) is 0.556. The monoisotopic (exact) mass is 334 g/mol. The SMILES string of the molecule is CN(C)C(NC1CCCCC1)=[N+](C)C.O=C([O-])Nc1ccccc1. The molecule has 6 heteroatoms. The third-order valence-corrected chi connectivity index (χ3v) is 3.81. The van der Waals surface area contributed by atoms with E-state index in [4.69, 9.17) is 0 Å². The lowest BCUT2D eigenvalue weighted by molar-refractivity contribution is -0.472. The highest BCUT2D eigenvalue weighted by molar-refractivity contribution is 5.80. The van der Waals surface area contributed by atoms with Crippen LogP contribution in [0.25, 0.3) is 0 Å². The highest BCUT2D eigenvalue weighted by atomic mass is 16.4. The second-order valence-corrected chi connectivity index (χ2v) is 6.37. The molecule has 1 aliphatic carbocycles. The van der Waals surface area contributed by atoms with Crippen LogP contribution in [0.5, 0.6) is 0 Å². The first kappa shape index (κ1) is 19.8. The van der Waals surface area contributed by atoms with Gasteiger partial charge in [-0.05, 0) is 25.0 Å². The number of hydrogen-bond donors (Lipinski definition) is 2. The van der Waals surface area contributed by atoms with Gasteiger partial charge in [-0.15, -0.1) is 0 Å². The van der Waals surface area contributed by atoms with E-state index in [9.17, 15) is 9.90 Å². The average Bonchev–Trinajstić information content (AvgIpc) is 2.54. The van der Waals surface area contributed by atoms with Gasteiger partial charge in [0.25, 0.3) is 0 Å². The summed E-state index contributed by atoms with van der Waals surface area (Å²) in [6.45, 7) is 0. The minimum atomic E-state index is -1.29. The molecule has 24 heavy (non-hydrogen) atoms. The highest BCUT2D eigenvalue weighted by Crippen LogP contribution is 2.17. The van der Waals surface area contributed by atoms with Crippen molar-refractivity contribution in [1.29, 1.82) is 0 Å². The fourth-order valence-corrected chi connectivity index (χ4v) is 2.73. The van der Waals surface area contributed by atoms with E-state index in [0.717, 1.165) is 0 Å². The molecule has 1 amide bonds. The van der Waals surface area contributed by atoms with E-state index in [2.05, 4.69) is 48.3 Å². The number of carboxylic acid groups (broad SMARTS) is 1. The summed E-state index contributed by atoms with van der Waals surface area (Å²) in [5.41, 5.74) is 0.530. The number of nitrogens with zero attached hydrogens (tertiary/aromatic N) is 2. The van der Waals surface area contributed by atoms with Crippen LogP contribution in [-0.4, -0.2) is 55.8 Å². The van der Waals surface area contributed by atoms with Gasteiger partial charge >= 0.3 is 5.96 Å². The number of hydrogen-bond acceptors (Lipinski definition) is 2. The first-order valence-electron chi connectivity index (χ1n) is 8.41. The highest BCUT2D eigenvalue weighted by Gasteiger charge is 2.20. The Kier molecular flexibility index (Phi) is 8.68. The van der Waals surface area contributed by atoms with Crippen LogP contribution in [0.3, 0.4) is 0 Å². The number of para-hydroxylation sites is 1.